The first-order chi connectivity index (χ1) is 22.6. The lowest BCUT2D eigenvalue weighted by Crippen LogP contribution is -2.15. The predicted octanol–water partition coefficient (Wildman–Crippen LogP) is 6.58. The monoisotopic (exact) mass is 686 g/mol. The van der Waals surface area contributed by atoms with Crippen molar-refractivity contribution in [2.45, 2.75) is 0 Å². The van der Waals surface area contributed by atoms with Crippen LogP contribution in [0.4, 0.5) is 48.3 Å². The SMILES string of the molecule is N#CC(=C1C(=C(\C#N)c2c(F)c(F)c(C#N)c(F)c2F)/C1=C(\C#N)c1c(F)c(F)c(C#N)c(F)c1F)c1c(F)c(F)c(C#N)c(F)c1P. The lowest BCUT2D eigenvalue weighted by Gasteiger charge is -2.10. The second-order valence-electron chi connectivity index (χ2n) is 9.04. The second kappa shape index (κ2) is 12.3. The van der Waals surface area contributed by atoms with Gasteiger partial charge in [-0.1, -0.05) is 0 Å². The van der Waals surface area contributed by atoms with Crippen molar-refractivity contribution in [3.8, 4) is 36.4 Å². The zero-order valence-electron chi connectivity index (χ0n) is 22.4. The van der Waals surface area contributed by atoms with Crippen LogP contribution >= 0.6 is 9.24 Å². The Morgan fingerprint density at radius 2 is 0.583 bits per heavy atom. The molecule has 0 amide bonds. The minimum absolute atomic E-state index is 0.805. The van der Waals surface area contributed by atoms with Gasteiger partial charge in [-0.25, -0.2) is 48.3 Å². The first kappa shape index (κ1) is 34.4. The highest BCUT2D eigenvalue weighted by Gasteiger charge is 2.46. The van der Waals surface area contributed by atoms with Crippen molar-refractivity contribution in [2.75, 3.05) is 0 Å². The largest absolute Gasteiger partial charge is 0.205 e. The average Bonchev–Trinajstić information content (AvgIpc) is 3.78. The van der Waals surface area contributed by atoms with E-state index in [9.17, 15) is 42.1 Å². The van der Waals surface area contributed by atoms with Crippen LogP contribution in [-0.2, 0) is 0 Å². The van der Waals surface area contributed by atoms with E-state index in [1.165, 1.54) is 15.3 Å². The molecule has 0 spiro atoms. The molecule has 6 nitrogen and oxygen atoms in total. The van der Waals surface area contributed by atoms with Crippen molar-refractivity contribution in [2.24, 2.45) is 0 Å². The van der Waals surface area contributed by atoms with E-state index < -0.39 is 136 Å². The highest BCUT2D eigenvalue weighted by molar-refractivity contribution is 7.27. The summed E-state index contributed by atoms with van der Waals surface area (Å²) in [6.07, 6.45) is 0. The first-order valence-corrected chi connectivity index (χ1v) is 12.5. The van der Waals surface area contributed by atoms with Crippen LogP contribution in [0.5, 0.6) is 0 Å². The molecule has 1 aliphatic rings. The Morgan fingerprint density at radius 3 is 0.833 bits per heavy atom. The molecule has 1 saturated carbocycles. The first-order valence-electron chi connectivity index (χ1n) is 12.0. The van der Waals surface area contributed by atoms with Crippen LogP contribution in [0, 0.1) is 132 Å². The molecule has 1 unspecified atom stereocenters. The third-order valence-electron chi connectivity index (χ3n) is 6.74. The molecule has 1 fully saturated rings. The summed E-state index contributed by atoms with van der Waals surface area (Å²) in [7, 11) is 1.47. The Morgan fingerprint density at radius 1 is 0.354 bits per heavy atom. The van der Waals surface area contributed by atoms with Gasteiger partial charge in [0.2, 0.25) is 0 Å². The number of hydrogen-bond acceptors (Lipinski definition) is 6. The van der Waals surface area contributed by atoms with Crippen molar-refractivity contribution in [3.63, 3.8) is 0 Å². The van der Waals surface area contributed by atoms with Crippen LogP contribution in [0.3, 0.4) is 0 Å². The van der Waals surface area contributed by atoms with E-state index >= 15 is 22.0 Å². The van der Waals surface area contributed by atoms with Crippen molar-refractivity contribution >= 4 is 31.3 Å². The Balaban J connectivity index is 2.38. The topological polar surface area (TPSA) is 143 Å². The van der Waals surface area contributed by atoms with E-state index in [0.29, 0.717) is 0 Å². The van der Waals surface area contributed by atoms with Gasteiger partial charge in [0.15, 0.2) is 64.0 Å². The minimum Gasteiger partial charge on any atom is -0.205 e. The molecule has 3 aromatic carbocycles. The van der Waals surface area contributed by atoms with E-state index in [4.69, 9.17) is 15.8 Å². The lowest BCUT2D eigenvalue weighted by molar-refractivity contribution is 0.446. The fourth-order valence-corrected chi connectivity index (χ4v) is 4.98. The van der Waals surface area contributed by atoms with Gasteiger partial charge in [-0.05, 0) is 0 Å². The molecule has 0 bridgehead atoms. The molecule has 1 aliphatic carbocycles. The number of nitrogens with zero attached hydrogens (tertiary/aromatic N) is 6. The molecule has 4 rings (SSSR count). The van der Waals surface area contributed by atoms with Gasteiger partial charge in [0, 0.05) is 27.6 Å². The van der Waals surface area contributed by atoms with E-state index in [0.717, 1.165) is 30.3 Å². The standard InChI is InChI=1S/C30H2F11N6P/c31-19-10(4-45)20(32)26(38)16(25(19)37)7(1-42)13-14(8(2-43)17-27(39)21(33)11(5-46)22(34)28(17)40)15(13)9(3-44)18-29(41)23(35)12(6-47)24(36)30(18)48/h48H2/b13-7-,14-8+,15-9?. The third kappa shape index (κ3) is 4.70. The van der Waals surface area contributed by atoms with Gasteiger partial charge in [0.05, 0.1) is 27.8 Å². The van der Waals surface area contributed by atoms with Gasteiger partial charge >= 0.3 is 0 Å². The van der Waals surface area contributed by atoms with Crippen molar-refractivity contribution < 1.29 is 48.3 Å². The number of hydrogen-bond donors (Lipinski definition) is 0. The van der Waals surface area contributed by atoms with Crippen molar-refractivity contribution in [1.29, 1.82) is 31.6 Å². The van der Waals surface area contributed by atoms with Crippen LogP contribution in [0.25, 0.3) is 16.7 Å². The summed E-state index contributed by atoms with van der Waals surface area (Å²) in [5.41, 5.74) is -19.1. The van der Waals surface area contributed by atoms with Crippen LogP contribution in [-0.4, -0.2) is 0 Å². The zero-order chi connectivity index (χ0) is 36.1. The summed E-state index contributed by atoms with van der Waals surface area (Å²) in [4.78, 5) is 0. The Labute approximate surface area is 261 Å². The van der Waals surface area contributed by atoms with Crippen LogP contribution < -0.4 is 5.30 Å². The van der Waals surface area contributed by atoms with Crippen molar-refractivity contribution in [3.05, 3.63) is 114 Å². The fourth-order valence-electron chi connectivity index (χ4n) is 4.57. The maximum absolute atomic E-state index is 15.3. The molecular formula is C30H2F11N6P. The smallest absolute Gasteiger partial charge is 0.180 e. The summed E-state index contributed by atoms with van der Waals surface area (Å²) in [5.74, 6) is -25.6. The summed E-state index contributed by atoms with van der Waals surface area (Å²) >= 11 is 0. The molecule has 1 atom stereocenters. The summed E-state index contributed by atoms with van der Waals surface area (Å²) in [6, 6.07) is 5.87. The van der Waals surface area contributed by atoms with Gasteiger partial charge < -0.3 is 0 Å². The van der Waals surface area contributed by atoms with E-state index in [1.54, 1.807) is 0 Å². The minimum atomic E-state index is -2.46. The summed E-state index contributed by atoms with van der Waals surface area (Å²) in [5, 5.41) is 55.3. The van der Waals surface area contributed by atoms with E-state index in [1.807, 2.05) is 0 Å². The van der Waals surface area contributed by atoms with Crippen molar-refractivity contribution in [1.82, 2.24) is 0 Å². The number of rotatable bonds is 3. The average molecular weight is 686 g/mol. The Hall–Kier alpha value is -6.52. The number of halogens is 11. The normalized spacial score (nSPS) is 14.9. The van der Waals surface area contributed by atoms with E-state index in [2.05, 4.69) is 0 Å². The molecule has 0 saturated heterocycles. The van der Waals surface area contributed by atoms with Gasteiger partial charge in [0.25, 0.3) is 0 Å². The number of nitriles is 6. The number of benzene rings is 3. The molecule has 0 aliphatic heterocycles. The molecule has 0 radical (unpaired) electrons. The van der Waals surface area contributed by atoms with Crippen LogP contribution in [0.1, 0.15) is 33.4 Å². The summed E-state index contributed by atoms with van der Waals surface area (Å²) < 4.78 is 163. The molecule has 18 heteroatoms. The van der Waals surface area contributed by atoms with Crippen LogP contribution in [0.2, 0.25) is 0 Å². The Bertz CT molecular complexity index is 2070. The van der Waals surface area contributed by atoms with Gasteiger partial charge in [0.1, 0.15) is 53.1 Å². The highest BCUT2D eigenvalue weighted by atomic mass is 31.0. The quantitative estimate of drug-likeness (QED) is 0.132. The van der Waals surface area contributed by atoms with Gasteiger partial charge in [-0.2, -0.15) is 31.6 Å². The molecule has 0 heterocycles. The number of allylic oxidation sites excluding steroid dienone is 6. The molecule has 48 heavy (non-hydrogen) atoms. The second-order valence-corrected chi connectivity index (χ2v) is 9.62. The molecule has 3 aromatic rings. The van der Waals surface area contributed by atoms with Crippen LogP contribution in [0.15, 0.2) is 16.7 Å². The lowest BCUT2D eigenvalue weighted by atomic mass is 9.99. The molecule has 0 aromatic heterocycles. The molecular weight excluding hydrogens is 684 g/mol. The predicted molar refractivity (Wildman–Crippen MR) is 140 cm³/mol. The molecule has 234 valence electrons. The maximum Gasteiger partial charge on any atom is 0.180 e. The molecule has 0 N–H and O–H groups in total. The zero-order valence-corrected chi connectivity index (χ0v) is 23.6. The van der Waals surface area contributed by atoms with Gasteiger partial charge in [-0.15, -0.1) is 9.24 Å². The fraction of sp³-hybridized carbons (Fsp3) is 0. The highest BCUT2D eigenvalue weighted by Crippen LogP contribution is 2.57. The van der Waals surface area contributed by atoms with Gasteiger partial charge in [-0.3, -0.25) is 0 Å². The summed E-state index contributed by atoms with van der Waals surface area (Å²) in [6.45, 7) is 0. The maximum atomic E-state index is 15.3. The Kier molecular flexibility index (Phi) is 8.84. The third-order valence-corrected chi connectivity index (χ3v) is 7.28. The van der Waals surface area contributed by atoms with E-state index in [-0.39, 0.29) is 0 Å².